The fourth-order valence-electron chi connectivity index (χ4n) is 3.26. The molecule has 2 aromatic rings. The highest BCUT2D eigenvalue weighted by Gasteiger charge is 2.22. The van der Waals surface area contributed by atoms with Crippen LogP contribution in [0.15, 0.2) is 64.6 Å². The molecule has 5 heteroatoms. The zero-order chi connectivity index (χ0) is 17.7. The summed E-state index contributed by atoms with van der Waals surface area (Å²) in [7, 11) is -3.66. The lowest BCUT2D eigenvalue weighted by Gasteiger charge is -2.23. The van der Waals surface area contributed by atoms with Crippen molar-refractivity contribution in [2.45, 2.75) is 43.9 Å². The monoisotopic (exact) mass is 356 g/mol. The van der Waals surface area contributed by atoms with Gasteiger partial charge in [0, 0.05) is 5.92 Å². The molecule has 0 unspecified atom stereocenters. The summed E-state index contributed by atoms with van der Waals surface area (Å²) in [6.07, 6.45) is 5.69. The van der Waals surface area contributed by atoms with Crippen LogP contribution in [0, 0.1) is 12.8 Å². The van der Waals surface area contributed by atoms with Crippen LogP contribution in [-0.2, 0) is 10.0 Å². The minimum atomic E-state index is -3.66. The number of hydrazone groups is 1. The average Bonchev–Trinajstić information content (AvgIpc) is 2.64. The summed E-state index contributed by atoms with van der Waals surface area (Å²) < 4.78 is 25.1. The molecule has 0 aliphatic heterocycles. The Hall–Kier alpha value is -2.14. The van der Waals surface area contributed by atoms with Crippen LogP contribution in [0.4, 0.5) is 0 Å². The molecule has 0 amide bonds. The summed E-state index contributed by atoms with van der Waals surface area (Å²) in [5.74, 6) is 0.303. The van der Waals surface area contributed by atoms with E-state index in [2.05, 4.69) is 9.93 Å². The molecular formula is C20H24N2O2S. The molecule has 3 rings (SSSR count). The molecule has 0 radical (unpaired) electrons. The highest BCUT2D eigenvalue weighted by Crippen LogP contribution is 2.27. The van der Waals surface area contributed by atoms with E-state index in [4.69, 9.17) is 0 Å². The van der Waals surface area contributed by atoms with Gasteiger partial charge in [0.05, 0.1) is 10.6 Å². The summed E-state index contributed by atoms with van der Waals surface area (Å²) >= 11 is 0. The summed E-state index contributed by atoms with van der Waals surface area (Å²) in [6, 6.07) is 16.7. The number of hydrogen-bond donors (Lipinski definition) is 1. The molecule has 1 aliphatic carbocycles. The van der Waals surface area contributed by atoms with Crippen molar-refractivity contribution in [2.24, 2.45) is 11.0 Å². The minimum absolute atomic E-state index is 0.234. The van der Waals surface area contributed by atoms with Crippen molar-refractivity contribution in [3.8, 4) is 0 Å². The minimum Gasteiger partial charge on any atom is -0.200 e. The lowest BCUT2D eigenvalue weighted by molar-refractivity contribution is 0.438. The van der Waals surface area contributed by atoms with Gasteiger partial charge in [-0.3, -0.25) is 0 Å². The molecule has 1 N–H and O–H groups in total. The van der Waals surface area contributed by atoms with Crippen molar-refractivity contribution in [3.05, 3.63) is 65.7 Å². The first-order chi connectivity index (χ1) is 12.1. The van der Waals surface area contributed by atoms with Crippen molar-refractivity contribution in [1.29, 1.82) is 0 Å². The van der Waals surface area contributed by atoms with Crippen molar-refractivity contribution in [1.82, 2.24) is 4.83 Å². The van der Waals surface area contributed by atoms with Crippen LogP contribution in [0.3, 0.4) is 0 Å². The highest BCUT2D eigenvalue weighted by molar-refractivity contribution is 7.89. The predicted molar refractivity (Wildman–Crippen MR) is 101 cm³/mol. The third-order valence-electron chi connectivity index (χ3n) is 4.68. The Morgan fingerprint density at radius 3 is 2.24 bits per heavy atom. The number of aryl methyl sites for hydroxylation is 1. The van der Waals surface area contributed by atoms with E-state index < -0.39 is 10.0 Å². The van der Waals surface area contributed by atoms with E-state index in [-0.39, 0.29) is 4.90 Å². The van der Waals surface area contributed by atoms with Gasteiger partial charge in [0.25, 0.3) is 10.0 Å². The first-order valence-corrected chi connectivity index (χ1v) is 10.3. The maximum atomic E-state index is 12.5. The van der Waals surface area contributed by atoms with Gasteiger partial charge in [-0.25, -0.2) is 0 Å². The van der Waals surface area contributed by atoms with Gasteiger partial charge in [-0.15, -0.1) is 0 Å². The number of rotatable bonds is 5. The topological polar surface area (TPSA) is 58.5 Å². The van der Waals surface area contributed by atoms with Crippen molar-refractivity contribution in [3.63, 3.8) is 0 Å². The molecule has 132 valence electrons. The second-order valence-electron chi connectivity index (χ2n) is 6.61. The average molecular weight is 356 g/mol. The molecule has 2 aromatic carbocycles. The number of nitrogens with zero attached hydrogens (tertiary/aromatic N) is 1. The zero-order valence-electron chi connectivity index (χ0n) is 14.5. The molecule has 1 saturated carbocycles. The quantitative estimate of drug-likeness (QED) is 0.643. The van der Waals surface area contributed by atoms with Crippen molar-refractivity contribution >= 4 is 15.7 Å². The van der Waals surface area contributed by atoms with Gasteiger partial charge in [-0.2, -0.15) is 18.4 Å². The highest BCUT2D eigenvalue weighted by atomic mass is 32.2. The summed E-state index contributed by atoms with van der Waals surface area (Å²) in [5.41, 5.74) is 2.85. The smallest absolute Gasteiger partial charge is 0.200 e. The molecular weight excluding hydrogens is 332 g/mol. The lowest BCUT2D eigenvalue weighted by atomic mass is 9.83. The molecule has 1 fully saturated rings. The molecule has 4 nitrogen and oxygen atoms in total. The Bertz CT molecular complexity index is 822. The molecule has 1 aliphatic rings. The lowest BCUT2D eigenvalue weighted by Crippen LogP contribution is -2.25. The van der Waals surface area contributed by atoms with E-state index in [1.54, 1.807) is 24.3 Å². The Kier molecular flexibility index (Phi) is 5.53. The van der Waals surface area contributed by atoms with Gasteiger partial charge < -0.3 is 0 Å². The van der Waals surface area contributed by atoms with Gasteiger partial charge in [-0.05, 0) is 37.5 Å². The second-order valence-corrected chi connectivity index (χ2v) is 8.27. The first kappa shape index (κ1) is 17.7. The fraction of sp³-hybridized carbons (Fsp3) is 0.350. The van der Waals surface area contributed by atoms with E-state index in [0.29, 0.717) is 5.92 Å². The van der Waals surface area contributed by atoms with Crippen LogP contribution in [0.2, 0.25) is 0 Å². The van der Waals surface area contributed by atoms with Crippen LogP contribution in [-0.4, -0.2) is 14.1 Å². The Morgan fingerprint density at radius 2 is 1.60 bits per heavy atom. The van der Waals surface area contributed by atoms with Crippen molar-refractivity contribution < 1.29 is 8.42 Å². The van der Waals surface area contributed by atoms with Crippen LogP contribution in [0.5, 0.6) is 0 Å². The van der Waals surface area contributed by atoms with E-state index in [1.165, 1.54) is 19.3 Å². The Balaban J connectivity index is 1.88. The molecule has 0 aromatic heterocycles. The van der Waals surface area contributed by atoms with Gasteiger partial charge in [0.2, 0.25) is 0 Å². The molecule has 25 heavy (non-hydrogen) atoms. The van der Waals surface area contributed by atoms with Gasteiger partial charge in [-0.1, -0.05) is 67.3 Å². The van der Waals surface area contributed by atoms with Crippen LogP contribution >= 0.6 is 0 Å². The van der Waals surface area contributed by atoms with E-state index in [0.717, 1.165) is 29.7 Å². The first-order valence-electron chi connectivity index (χ1n) is 8.78. The molecule has 0 spiro atoms. The third-order valence-corrected chi connectivity index (χ3v) is 5.90. The third kappa shape index (κ3) is 4.48. The van der Waals surface area contributed by atoms with Gasteiger partial charge in [0.1, 0.15) is 0 Å². The summed E-state index contributed by atoms with van der Waals surface area (Å²) in [4.78, 5) is 2.68. The summed E-state index contributed by atoms with van der Waals surface area (Å²) in [5, 5.41) is 4.37. The van der Waals surface area contributed by atoms with Gasteiger partial charge >= 0.3 is 0 Å². The van der Waals surface area contributed by atoms with E-state index >= 15 is 0 Å². The second kappa shape index (κ2) is 7.83. The standard InChI is InChI=1S/C20H24N2O2S/c1-16-12-14-19(15-13-16)25(23,24)22-21-20(17-8-4-2-5-9-17)18-10-6-3-7-11-18/h2,4-5,8-9,12-15,18,22H,3,6-7,10-11H2,1H3/b21-20+. The Morgan fingerprint density at radius 1 is 0.960 bits per heavy atom. The Labute approximate surface area is 150 Å². The number of benzene rings is 2. The largest absolute Gasteiger partial charge is 0.276 e. The van der Waals surface area contributed by atoms with E-state index in [9.17, 15) is 8.42 Å². The van der Waals surface area contributed by atoms with Crippen molar-refractivity contribution in [2.75, 3.05) is 0 Å². The maximum absolute atomic E-state index is 12.5. The number of nitrogens with one attached hydrogen (secondary N) is 1. The maximum Gasteiger partial charge on any atom is 0.276 e. The fourth-order valence-corrected chi connectivity index (χ4v) is 4.07. The van der Waals surface area contributed by atoms with Crippen LogP contribution in [0.25, 0.3) is 0 Å². The number of sulfonamides is 1. The molecule has 0 heterocycles. The van der Waals surface area contributed by atoms with Gasteiger partial charge in [0.15, 0.2) is 0 Å². The molecule has 0 atom stereocenters. The molecule has 0 saturated heterocycles. The predicted octanol–water partition coefficient (Wildman–Crippen LogP) is 4.26. The normalized spacial score (nSPS) is 16.6. The van der Waals surface area contributed by atoms with Crippen LogP contribution < -0.4 is 4.83 Å². The number of hydrogen-bond acceptors (Lipinski definition) is 3. The SMILES string of the molecule is Cc1ccc(S(=O)(=O)N/N=C(\c2ccccc2)C2CCCCC2)cc1. The van der Waals surface area contributed by atoms with Crippen LogP contribution in [0.1, 0.15) is 43.2 Å². The molecule has 0 bridgehead atoms. The zero-order valence-corrected chi connectivity index (χ0v) is 15.3. The van der Waals surface area contributed by atoms with E-state index in [1.807, 2.05) is 37.3 Å². The summed E-state index contributed by atoms with van der Waals surface area (Å²) in [6.45, 7) is 1.93.